The van der Waals surface area contributed by atoms with E-state index in [0.717, 1.165) is 5.56 Å². The van der Waals surface area contributed by atoms with Crippen molar-refractivity contribution in [3.63, 3.8) is 0 Å². The van der Waals surface area contributed by atoms with Crippen molar-refractivity contribution in [3.05, 3.63) is 53.7 Å². The van der Waals surface area contributed by atoms with Crippen LogP contribution in [0.3, 0.4) is 0 Å². The van der Waals surface area contributed by atoms with E-state index in [1.165, 1.54) is 24.9 Å². The molecule has 1 atom stereocenters. The quantitative estimate of drug-likeness (QED) is 0.496. The molecule has 174 valence electrons. The van der Waals surface area contributed by atoms with E-state index in [0.29, 0.717) is 11.8 Å². The molecule has 0 unspecified atom stereocenters. The minimum atomic E-state index is -0.976. The predicted octanol–water partition coefficient (Wildman–Crippen LogP) is 4.29. The number of methoxy groups -OCH3 is 1. The maximum absolute atomic E-state index is 12.9. The van der Waals surface area contributed by atoms with Crippen molar-refractivity contribution in [2.24, 2.45) is 0 Å². The van der Waals surface area contributed by atoms with Crippen molar-refractivity contribution in [3.8, 4) is 23.0 Å². The van der Waals surface area contributed by atoms with Gasteiger partial charge in [0.05, 0.1) is 13.7 Å². The van der Waals surface area contributed by atoms with Gasteiger partial charge in [-0.05, 0) is 37.5 Å². The molecule has 0 aliphatic heterocycles. The number of nitrogens with zero attached hydrogens (tertiary/aromatic N) is 3. The van der Waals surface area contributed by atoms with Gasteiger partial charge in [0, 0.05) is 17.8 Å². The molecule has 2 heterocycles. The third kappa shape index (κ3) is 5.65. The van der Waals surface area contributed by atoms with Crippen LogP contribution in [-0.4, -0.2) is 41.0 Å². The smallest absolute Gasteiger partial charge is 0.493 e. The van der Waals surface area contributed by atoms with Crippen LogP contribution in [0.2, 0.25) is 0 Å². The lowest BCUT2D eigenvalue weighted by atomic mass is 10.0. The lowest BCUT2D eigenvalue weighted by Gasteiger charge is -2.14. The second kappa shape index (κ2) is 10.6. The molecule has 0 fully saturated rings. The highest BCUT2D eigenvalue weighted by atomic mass is 16.7. The average Bonchev–Trinajstić information content (AvgIpc) is 3.30. The number of rotatable bonds is 8. The summed E-state index contributed by atoms with van der Waals surface area (Å²) in [4.78, 5) is 28.7. The number of pyridine rings is 1. The Balaban J connectivity index is 1.77. The fourth-order valence-electron chi connectivity index (χ4n) is 2.95. The molecule has 0 radical (unpaired) electrons. The fraction of sp³-hybridized carbons (Fsp3) is 0.348. The van der Waals surface area contributed by atoms with Gasteiger partial charge >= 0.3 is 6.16 Å². The zero-order chi connectivity index (χ0) is 24.0. The molecular weight excluding hydrogens is 428 g/mol. The van der Waals surface area contributed by atoms with E-state index >= 15 is 0 Å². The predicted molar refractivity (Wildman–Crippen MR) is 118 cm³/mol. The number of nitrogens with one attached hydrogen (secondary N) is 1. The maximum atomic E-state index is 12.9. The summed E-state index contributed by atoms with van der Waals surface area (Å²) < 4.78 is 20.9. The number of amides is 1. The van der Waals surface area contributed by atoms with Gasteiger partial charge in [0.15, 0.2) is 11.4 Å². The lowest BCUT2D eigenvalue weighted by molar-refractivity contribution is 0.0911. The first-order valence-corrected chi connectivity index (χ1v) is 10.5. The Morgan fingerprint density at radius 3 is 2.45 bits per heavy atom. The molecule has 3 rings (SSSR count). The largest absolute Gasteiger partial charge is 0.514 e. The Bertz CT molecular complexity index is 1110. The highest BCUT2D eigenvalue weighted by Crippen LogP contribution is 2.30. The van der Waals surface area contributed by atoms with E-state index in [9.17, 15) is 9.59 Å². The molecule has 10 heteroatoms. The summed E-state index contributed by atoms with van der Waals surface area (Å²) in [7, 11) is 1.38. The van der Waals surface area contributed by atoms with Crippen LogP contribution in [-0.2, 0) is 4.74 Å². The highest BCUT2D eigenvalue weighted by Gasteiger charge is 2.25. The second-order valence-corrected chi connectivity index (χ2v) is 7.39. The standard InChI is InChI=1S/C23H26N4O6/c1-6-31-23(29)32-19-17(30-5)11-12-24-18(19)20(28)25-14(4)21-26-27-22(33-21)16-9-7-15(8-10-16)13(2)3/h7-14H,6H2,1-5H3,(H,25,28)/t14-/m0/s1. The molecule has 0 saturated heterocycles. The summed E-state index contributed by atoms with van der Waals surface area (Å²) in [5.74, 6) is 0.340. The van der Waals surface area contributed by atoms with Gasteiger partial charge in [0.25, 0.3) is 5.91 Å². The van der Waals surface area contributed by atoms with Crippen LogP contribution < -0.4 is 14.8 Å². The molecule has 0 saturated carbocycles. The molecular formula is C23H26N4O6. The van der Waals surface area contributed by atoms with Gasteiger partial charge in [-0.25, -0.2) is 9.78 Å². The van der Waals surface area contributed by atoms with E-state index in [-0.39, 0.29) is 29.7 Å². The highest BCUT2D eigenvalue weighted by molar-refractivity contribution is 5.96. The third-order valence-electron chi connectivity index (χ3n) is 4.73. The summed E-state index contributed by atoms with van der Waals surface area (Å²) in [6.07, 6.45) is 0.387. The van der Waals surface area contributed by atoms with E-state index < -0.39 is 18.1 Å². The molecule has 33 heavy (non-hydrogen) atoms. The van der Waals surface area contributed by atoms with Gasteiger partial charge in [-0.15, -0.1) is 10.2 Å². The molecule has 3 aromatic rings. The SMILES string of the molecule is CCOC(=O)Oc1c(OC)ccnc1C(=O)N[C@@H](C)c1nnc(-c2ccc(C(C)C)cc2)o1. The van der Waals surface area contributed by atoms with Crippen molar-refractivity contribution in [2.45, 2.75) is 39.7 Å². The lowest BCUT2D eigenvalue weighted by Crippen LogP contribution is -2.28. The van der Waals surface area contributed by atoms with Crippen LogP contribution in [0.1, 0.15) is 61.6 Å². The molecule has 0 aliphatic carbocycles. The van der Waals surface area contributed by atoms with Crippen LogP contribution in [0, 0.1) is 0 Å². The Hall–Kier alpha value is -3.95. The molecule has 1 amide bonds. The molecule has 1 N–H and O–H groups in total. The van der Waals surface area contributed by atoms with E-state index in [2.05, 4.69) is 34.3 Å². The third-order valence-corrected chi connectivity index (χ3v) is 4.73. The van der Waals surface area contributed by atoms with Crippen LogP contribution in [0.4, 0.5) is 4.79 Å². The summed E-state index contributed by atoms with van der Waals surface area (Å²) >= 11 is 0. The number of benzene rings is 1. The van der Waals surface area contributed by atoms with Gasteiger partial charge in [-0.2, -0.15) is 0 Å². The fourth-order valence-corrected chi connectivity index (χ4v) is 2.95. The second-order valence-electron chi connectivity index (χ2n) is 7.39. The normalized spacial score (nSPS) is 11.7. The molecule has 2 aromatic heterocycles. The molecule has 0 spiro atoms. The Morgan fingerprint density at radius 1 is 1.09 bits per heavy atom. The number of hydrogen-bond acceptors (Lipinski definition) is 9. The number of carbonyl (C=O) groups excluding carboxylic acids is 2. The Kier molecular flexibility index (Phi) is 7.60. The van der Waals surface area contributed by atoms with Crippen LogP contribution in [0.5, 0.6) is 11.5 Å². The van der Waals surface area contributed by atoms with Gasteiger partial charge in [0.1, 0.15) is 6.04 Å². The topological polar surface area (TPSA) is 126 Å². The number of carbonyl (C=O) groups is 2. The summed E-state index contributed by atoms with van der Waals surface area (Å²) in [5, 5.41) is 10.8. The Labute approximate surface area is 191 Å². The summed E-state index contributed by atoms with van der Waals surface area (Å²) in [6, 6.07) is 8.66. The first-order chi connectivity index (χ1) is 15.8. The number of hydrogen-bond donors (Lipinski definition) is 1. The summed E-state index contributed by atoms with van der Waals surface area (Å²) in [5.41, 5.74) is 1.82. The minimum Gasteiger partial charge on any atom is -0.493 e. The monoisotopic (exact) mass is 454 g/mol. The van der Waals surface area contributed by atoms with E-state index in [4.69, 9.17) is 18.6 Å². The van der Waals surface area contributed by atoms with Gasteiger partial charge in [-0.3, -0.25) is 4.79 Å². The molecule has 1 aromatic carbocycles. The van der Waals surface area contributed by atoms with Crippen molar-refractivity contribution in [2.75, 3.05) is 13.7 Å². The Morgan fingerprint density at radius 2 is 1.82 bits per heavy atom. The zero-order valence-electron chi connectivity index (χ0n) is 19.1. The number of ether oxygens (including phenoxy) is 3. The summed E-state index contributed by atoms with van der Waals surface area (Å²) in [6.45, 7) is 7.66. The van der Waals surface area contributed by atoms with Crippen LogP contribution in [0.15, 0.2) is 40.9 Å². The first kappa shape index (κ1) is 23.7. The van der Waals surface area contributed by atoms with Crippen molar-refractivity contribution >= 4 is 12.1 Å². The van der Waals surface area contributed by atoms with Crippen LogP contribution in [0.25, 0.3) is 11.5 Å². The first-order valence-electron chi connectivity index (χ1n) is 10.5. The number of aromatic nitrogens is 3. The van der Waals surface area contributed by atoms with E-state index in [1.807, 2.05) is 24.3 Å². The maximum Gasteiger partial charge on any atom is 0.514 e. The average molecular weight is 454 g/mol. The van der Waals surface area contributed by atoms with Crippen molar-refractivity contribution in [1.82, 2.24) is 20.5 Å². The molecule has 0 bridgehead atoms. The van der Waals surface area contributed by atoms with Crippen molar-refractivity contribution < 1.29 is 28.2 Å². The van der Waals surface area contributed by atoms with Crippen LogP contribution >= 0.6 is 0 Å². The van der Waals surface area contributed by atoms with E-state index in [1.54, 1.807) is 13.8 Å². The van der Waals surface area contributed by atoms with Gasteiger partial charge in [-0.1, -0.05) is 26.0 Å². The molecule has 10 nitrogen and oxygen atoms in total. The molecule has 0 aliphatic rings. The van der Waals surface area contributed by atoms with Gasteiger partial charge in [0.2, 0.25) is 17.5 Å². The zero-order valence-corrected chi connectivity index (χ0v) is 19.1. The van der Waals surface area contributed by atoms with Gasteiger partial charge < -0.3 is 23.9 Å². The van der Waals surface area contributed by atoms with Crippen molar-refractivity contribution in [1.29, 1.82) is 0 Å². The minimum absolute atomic E-state index is 0.111.